The van der Waals surface area contributed by atoms with Gasteiger partial charge in [-0.05, 0) is 43.0 Å². The minimum atomic E-state index is -0.183. The lowest BCUT2D eigenvalue weighted by Gasteiger charge is -2.06. The molecule has 0 radical (unpaired) electrons. The first-order valence-corrected chi connectivity index (χ1v) is 9.19. The molecule has 2 aromatic rings. The van der Waals surface area contributed by atoms with Gasteiger partial charge in [0.05, 0.1) is 12.5 Å². The largest absolute Gasteiger partial charge is 0.442 e. The molecule has 1 aromatic carbocycles. The van der Waals surface area contributed by atoms with Gasteiger partial charge in [0.25, 0.3) is 0 Å². The van der Waals surface area contributed by atoms with Crippen molar-refractivity contribution in [3.8, 4) is 0 Å². The number of aromatic nitrogens is 3. The molecule has 1 aromatic heterocycles. The van der Waals surface area contributed by atoms with E-state index in [1.807, 2.05) is 34.9 Å². The van der Waals surface area contributed by atoms with Gasteiger partial charge in [-0.15, -0.1) is 0 Å². The highest BCUT2D eigenvalue weighted by molar-refractivity contribution is 7.71. The van der Waals surface area contributed by atoms with Gasteiger partial charge in [0.15, 0.2) is 6.73 Å². The van der Waals surface area contributed by atoms with Crippen molar-refractivity contribution in [2.24, 2.45) is 17.3 Å². The Kier molecular flexibility index (Phi) is 5.14. The average molecular weight is 372 g/mol. The summed E-state index contributed by atoms with van der Waals surface area (Å²) in [6.07, 6.45) is 3.84. The van der Waals surface area contributed by atoms with Crippen molar-refractivity contribution in [1.82, 2.24) is 14.3 Å². The van der Waals surface area contributed by atoms with Crippen molar-refractivity contribution in [3.63, 3.8) is 0 Å². The van der Waals surface area contributed by atoms with Crippen LogP contribution in [-0.4, -0.2) is 20.3 Å². The Bertz CT molecular complexity index is 876. The second-order valence-electron chi connectivity index (χ2n) is 7.69. The van der Waals surface area contributed by atoms with E-state index < -0.39 is 0 Å². The summed E-state index contributed by atoms with van der Waals surface area (Å²) in [5.74, 6) is -0.0430. The van der Waals surface area contributed by atoms with Crippen LogP contribution in [0.2, 0.25) is 0 Å². The molecule has 138 valence electrons. The van der Waals surface area contributed by atoms with Crippen LogP contribution in [0.3, 0.4) is 0 Å². The Balaban J connectivity index is 1.62. The van der Waals surface area contributed by atoms with Gasteiger partial charge in [-0.2, -0.15) is 5.10 Å². The molecule has 0 aliphatic heterocycles. The molecule has 1 aliphatic rings. The summed E-state index contributed by atoms with van der Waals surface area (Å²) in [7, 11) is 0. The van der Waals surface area contributed by atoms with Gasteiger partial charge in [-0.1, -0.05) is 55.8 Å². The van der Waals surface area contributed by atoms with Gasteiger partial charge < -0.3 is 9.30 Å². The standard InChI is InChI=1S/C20H25N3O2S/c1-14(2)10-16-17(20(16,3)4)18(24)25-13-23-19(26)22(12-21-23)11-15-8-6-5-7-9-15/h5-10,12,16-17H,11,13H2,1-4H3. The SMILES string of the molecule is CC(C)=CC1C(C(=O)OCn2ncn(Cc3ccccc3)c2=S)C1(C)C. The fourth-order valence-electron chi connectivity index (χ4n) is 3.36. The number of carbonyl (C=O) groups is 1. The van der Waals surface area contributed by atoms with E-state index in [1.54, 1.807) is 11.0 Å². The third-order valence-electron chi connectivity index (χ3n) is 5.00. The number of hydrogen-bond donors (Lipinski definition) is 0. The highest BCUT2D eigenvalue weighted by Gasteiger charge is 2.61. The van der Waals surface area contributed by atoms with E-state index in [-0.39, 0.29) is 30.0 Å². The molecule has 3 rings (SSSR count). The van der Waals surface area contributed by atoms with E-state index in [1.165, 1.54) is 5.57 Å². The maximum atomic E-state index is 12.5. The molecule has 0 amide bonds. The number of allylic oxidation sites excluding steroid dienone is 2. The minimum absolute atomic E-state index is 0.0492. The van der Waals surface area contributed by atoms with Crippen LogP contribution in [0.15, 0.2) is 48.3 Å². The Morgan fingerprint density at radius 3 is 2.65 bits per heavy atom. The molecule has 1 fully saturated rings. The van der Waals surface area contributed by atoms with Crippen molar-refractivity contribution >= 4 is 18.2 Å². The quantitative estimate of drug-likeness (QED) is 0.434. The molecule has 2 unspecified atom stereocenters. The van der Waals surface area contributed by atoms with Crippen LogP contribution < -0.4 is 0 Å². The number of rotatable bonds is 6. The summed E-state index contributed by atoms with van der Waals surface area (Å²) >= 11 is 5.45. The van der Waals surface area contributed by atoms with E-state index in [0.717, 1.165) is 5.56 Å². The summed E-state index contributed by atoms with van der Waals surface area (Å²) in [4.78, 5) is 12.5. The number of hydrogen-bond acceptors (Lipinski definition) is 4. The summed E-state index contributed by atoms with van der Waals surface area (Å²) in [5.41, 5.74) is 2.31. The summed E-state index contributed by atoms with van der Waals surface area (Å²) < 4.78 is 9.45. The van der Waals surface area contributed by atoms with Crippen LogP contribution in [-0.2, 0) is 22.8 Å². The molecular formula is C20H25N3O2S. The normalized spacial score (nSPS) is 20.5. The molecule has 6 heteroatoms. The molecule has 0 saturated heterocycles. The lowest BCUT2D eigenvalue weighted by Crippen LogP contribution is -2.15. The molecular weight excluding hydrogens is 346 g/mol. The monoisotopic (exact) mass is 371 g/mol. The van der Waals surface area contributed by atoms with E-state index in [9.17, 15) is 4.79 Å². The van der Waals surface area contributed by atoms with Crippen LogP contribution in [0.1, 0.15) is 33.3 Å². The fraction of sp³-hybridized carbons (Fsp3) is 0.450. The van der Waals surface area contributed by atoms with Gasteiger partial charge in [-0.25, -0.2) is 4.68 Å². The molecule has 1 heterocycles. The second kappa shape index (κ2) is 7.19. The van der Waals surface area contributed by atoms with E-state index >= 15 is 0 Å². The number of benzene rings is 1. The predicted octanol–water partition coefficient (Wildman–Crippen LogP) is 4.20. The first-order chi connectivity index (χ1) is 12.3. The zero-order valence-electron chi connectivity index (χ0n) is 15.7. The van der Waals surface area contributed by atoms with Crippen molar-refractivity contribution < 1.29 is 9.53 Å². The highest BCUT2D eigenvalue weighted by atomic mass is 32.1. The maximum Gasteiger partial charge on any atom is 0.311 e. The predicted molar refractivity (Wildman–Crippen MR) is 103 cm³/mol. The lowest BCUT2D eigenvalue weighted by molar-refractivity contribution is -0.150. The van der Waals surface area contributed by atoms with Crippen LogP contribution in [0.4, 0.5) is 0 Å². The van der Waals surface area contributed by atoms with Gasteiger partial charge in [-0.3, -0.25) is 4.79 Å². The topological polar surface area (TPSA) is 49.1 Å². The molecule has 5 nitrogen and oxygen atoms in total. The Hall–Kier alpha value is -2.21. The Labute approximate surface area is 159 Å². The zero-order valence-corrected chi connectivity index (χ0v) is 16.5. The molecule has 0 N–H and O–H groups in total. The highest BCUT2D eigenvalue weighted by Crippen LogP contribution is 2.59. The second-order valence-corrected chi connectivity index (χ2v) is 8.05. The van der Waals surface area contributed by atoms with Crippen molar-refractivity contribution in [3.05, 3.63) is 58.6 Å². The Morgan fingerprint density at radius 2 is 2.00 bits per heavy atom. The average Bonchev–Trinajstić information content (AvgIpc) is 2.94. The fourth-order valence-corrected chi connectivity index (χ4v) is 3.57. The van der Waals surface area contributed by atoms with Crippen molar-refractivity contribution in [1.29, 1.82) is 0 Å². The first-order valence-electron chi connectivity index (χ1n) is 8.78. The number of ether oxygens (including phenoxy) is 1. The summed E-state index contributed by atoms with van der Waals surface area (Å²) in [5, 5.41) is 4.25. The molecule has 1 saturated carbocycles. The number of carbonyl (C=O) groups excluding carboxylic acids is 1. The van der Waals surface area contributed by atoms with Gasteiger partial charge >= 0.3 is 5.97 Å². The molecule has 26 heavy (non-hydrogen) atoms. The van der Waals surface area contributed by atoms with E-state index in [4.69, 9.17) is 17.0 Å². The first kappa shape index (κ1) is 18.6. The third kappa shape index (κ3) is 3.80. The Morgan fingerprint density at radius 1 is 1.31 bits per heavy atom. The lowest BCUT2D eigenvalue weighted by atomic mass is 10.1. The third-order valence-corrected chi connectivity index (χ3v) is 5.44. The number of nitrogens with zero attached hydrogens (tertiary/aromatic N) is 3. The molecule has 1 aliphatic carbocycles. The summed E-state index contributed by atoms with van der Waals surface area (Å²) in [6, 6.07) is 10.0. The molecule has 0 bridgehead atoms. The van der Waals surface area contributed by atoms with E-state index in [0.29, 0.717) is 11.3 Å². The van der Waals surface area contributed by atoms with Gasteiger partial charge in [0.2, 0.25) is 4.77 Å². The smallest absolute Gasteiger partial charge is 0.311 e. The van der Waals surface area contributed by atoms with Crippen LogP contribution in [0.5, 0.6) is 0 Å². The molecule has 0 spiro atoms. The summed E-state index contributed by atoms with van der Waals surface area (Å²) in [6.45, 7) is 9.00. The van der Waals surface area contributed by atoms with Gasteiger partial charge in [0, 0.05) is 0 Å². The zero-order chi connectivity index (χ0) is 18.9. The van der Waals surface area contributed by atoms with E-state index in [2.05, 4.69) is 38.9 Å². The minimum Gasteiger partial charge on any atom is -0.442 e. The van der Waals surface area contributed by atoms with Gasteiger partial charge in [0.1, 0.15) is 6.33 Å². The van der Waals surface area contributed by atoms with Crippen LogP contribution in [0, 0.1) is 22.0 Å². The maximum absolute atomic E-state index is 12.5. The molecule has 2 atom stereocenters. The van der Waals surface area contributed by atoms with Crippen molar-refractivity contribution in [2.45, 2.75) is 41.0 Å². The number of esters is 1. The van der Waals surface area contributed by atoms with Crippen molar-refractivity contribution in [2.75, 3.05) is 0 Å². The van der Waals surface area contributed by atoms with Crippen LogP contribution in [0.25, 0.3) is 0 Å². The van der Waals surface area contributed by atoms with Crippen LogP contribution >= 0.6 is 12.2 Å².